The minimum atomic E-state index is -1.81. The third-order valence-electron chi connectivity index (χ3n) is 9.09. The Hall–Kier alpha value is -3.69. The SMILES string of the molecule is CCC1(O)C(=O)OC(CC[Si](C)(C)CCCn2ccccc2=O)C2=C1CC1=C(C2=O)N2Cc3ccccc3C=C2N1. The van der Waals surface area contributed by atoms with Gasteiger partial charge in [0.2, 0.25) is 11.3 Å². The maximum absolute atomic E-state index is 14.3. The summed E-state index contributed by atoms with van der Waals surface area (Å²) in [5, 5.41) is 14.9. The molecule has 0 spiro atoms. The summed E-state index contributed by atoms with van der Waals surface area (Å²) in [6.07, 6.45) is 5.07. The first-order valence-electron chi connectivity index (χ1n) is 14.6. The van der Waals surface area contributed by atoms with E-state index in [4.69, 9.17) is 4.74 Å². The number of pyridine rings is 1. The van der Waals surface area contributed by atoms with Gasteiger partial charge in [0, 0.05) is 44.6 Å². The van der Waals surface area contributed by atoms with Crippen LogP contribution in [0.2, 0.25) is 25.2 Å². The Morgan fingerprint density at radius 1 is 1.10 bits per heavy atom. The van der Waals surface area contributed by atoms with Crippen LogP contribution in [0, 0.1) is 0 Å². The van der Waals surface area contributed by atoms with Crippen LogP contribution in [0.1, 0.15) is 43.7 Å². The highest BCUT2D eigenvalue weighted by atomic mass is 28.3. The number of nitrogens with zero attached hydrogens (tertiary/aromatic N) is 2. The second-order valence-corrected chi connectivity index (χ2v) is 17.6. The van der Waals surface area contributed by atoms with Crippen LogP contribution in [0.3, 0.4) is 0 Å². The fourth-order valence-corrected chi connectivity index (χ4v) is 9.01. The van der Waals surface area contributed by atoms with Gasteiger partial charge in [-0.15, -0.1) is 0 Å². The number of nitrogens with one attached hydrogen (secondary N) is 1. The van der Waals surface area contributed by atoms with Crippen molar-refractivity contribution in [3.63, 3.8) is 0 Å². The van der Waals surface area contributed by atoms with E-state index < -0.39 is 25.7 Å². The Kier molecular flexibility index (Phi) is 6.90. The number of hydrogen-bond acceptors (Lipinski definition) is 7. The van der Waals surface area contributed by atoms with E-state index in [1.165, 1.54) is 0 Å². The average Bonchev–Trinajstić information content (AvgIpc) is 3.31. The number of ketones is 1. The maximum atomic E-state index is 14.3. The van der Waals surface area contributed by atoms with Crippen molar-refractivity contribution in [1.29, 1.82) is 0 Å². The molecule has 0 saturated heterocycles. The van der Waals surface area contributed by atoms with Gasteiger partial charge in [0.05, 0.1) is 6.54 Å². The highest BCUT2D eigenvalue weighted by molar-refractivity contribution is 6.77. The van der Waals surface area contributed by atoms with Crippen molar-refractivity contribution < 1.29 is 19.4 Å². The molecule has 0 amide bonds. The van der Waals surface area contributed by atoms with Gasteiger partial charge in [-0.25, -0.2) is 4.79 Å². The Bertz CT molecular complexity index is 1590. The zero-order valence-corrected chi connectivity index (χ0v) is 24.9. The third kappa shape index (κ3) is 4.80. The topological polar surface area (TPSA) is 101 Å². The number of hydrogen-bond donors (Lipinski definition) is 2. The summed E-state index contributed by atoms with van der Waals surface area (Å²) in [6, 6.07) is 15.2. The van der Waals surface area contributed by atoms with Crippen molar-refractivity contribution in [3.05, 3.63) is 98.5 Å². The number of ether oxygens (including phenoxy) is 1. The Morgan fingerprint density at radius 2 is 1.88 bits per heavy atom. The molecule has 4 heterocycles. The molecule has 2 aromatic rings. The van der Waals surface area contributed by atoms with E-state index in [-0.39, 0.29) is 17.8 Å². The van der Waals surface area contributed by atoms with Gasteiger partial charge in [-0.05, 0) is 48.1 Å². The van der Waals surface area contributed by atoms with Crippen LogP contribution in [0.4, 0.5) is 0 Å². The summed E-state index contributed by atoms with van der Waals surface area (Å²) < 4.78 is 7.63. The largest absolute Gasteiger partial charge is 0.455 e. The number of carbonyl (C=O) groups excluding carboxylic acids is 2. The van der Waals surface area contributed by atoms with Gasteiger partial charge in [-0.3, -0.25) is 9.59 Å². The molecule has 41 heavy (non-hydrogen) atoms. The number of allylic oxidation sites excluding steroid dienone is 2. The van der Waals surface area contributed by atoms with Gasteiger partial charge in [0.15, 0.2) is 5.60 Å². The van der Waals surface area contributed by atoms with Gasteiger partial charge in [-0.2, -0.15) is 0 Å². The molecule has 9 heteroatoms. The smallest absolute Gasteiger partial charge is 0.343 e. The van der Waals surface area contributed by atoms with Crippen LogP contribution in [0.15, 0.2) is 81.8 Å². The molecule has 2 atom stereocenters. The quantitative estimate of drug-likeness (QED) is 0.360. The highest BCUT2D eigenvalue weighted by Gasteiger charge is 2.53. The number of aromatic nitrogens is 1. The molecule has 1 aliphatic carbocycles. The van der Waals surface area contributed by atoms with Gasteiger partial charge in [0.1, 0.15) is 17.6 Å². The molecule has 2 N–H and O–H groups in total. The fraction of sp³-hybridized carbons (Fsp3) is 0.406. The van der Waals surface area contributed by atoms with Crippen LogP contribution in [0.5, 0.6) is 0 Å². The predicted octanol–water partition coefficient (Wildman–Crippen LogP) is 4.30. The molecule has 8 nitrogen and oxygen atoms in total. The van der Waals surface area contributed by atoms with E-state index in [2.05, 4.69) is 30.5 Å². The van der Waals surface area contributed by atoms with E-state index in [1.807, 2.05) is 35.4 Å². The standard InChI is InChI=1S/C32H37N3O5Si/c1-4-32(39)23-19-24-29(35-20-22-11-6-5-10-21(22)18-26(35)33-24)30(37)28(23)25(40-31(32)38)13-17-41(2,3)16-9-15-34-14-8-7-12-27(34)36/h5-8,10-12,14,18,25,33,39H,4,9,13,15-17,19-20H2,1-3H3. The summed E-state index contributed by atoms with van der Waals surface area (Å²) in [5.74, 6) is 0.0199. The monoisotopic (exact) mass is 571 g/mol. The summed E-state index contributed by atoms with van der Waals surface area (Å²) >= 11 is 0. The Balaban J connectivity index is 1.22. The van der Waals surface area contributed by atoms with Gasteiger partial charge in [0.25, 0.3) is 0 Å². The normalized spacial score (nSPS) is 23.4. The predicted molar refractivity (Wildman–Crippen MR) is 159 cm³/mol. The lowest BCUT2D eigenvalue weighted by Crippen LogP contribution is -2.52. The number of aryl methyl sites for hydroxylation is 1. The molecular formula is C32H37N3O5Si. The van der Waals surface area contributed by atoms with Crippen LogP contribution in [0.25, 0.3) is 6.08 Å². The first kappa shape index (κ1) is 27.5. The molecule has 0 fully saturated rings. The molecule has 0 bridgehead atoms. The lowest BCUT2D eigenvalue weighted by atomic mass is 9.75. The number of cyclic esters (lactones) is 1. The number of esters is 1. The van der Waals surface area contributed by atoms with Crippen molar-refractivity contribution in [3.8, 4) is 0 Å². The molecule has 1 aromatic carbocycles. The number of Topliss-reactive ketones (excluding diaryl/α,β-unsaturated/α-hetero) is 1. The zero-order chi connectivity index (χ0) is 28.9. The second-order valence-electron chi connectivity index (χ2n) is 12.3. The molecular weight excluding hydrogens is 534 g/mol. The third-order valence-corrected chi connectivity index (χ3v) is 12.4. The van der Waals surface area contributed by atoms with E-state index in [9.17, 15) is 19.5 Å². The molecule has 4 aliphatic rings. The van der Waals surface area contributed by atoms with Crippen molar-refractivity contribution in [2.24, 2.45) is 0 Å². The molecule has 0 saturated carbocycles. The van der Waals surface area contributed by atoms with Crippen LogP contribution in [-0.2, 0) is 27.4 Å². The molecule has 6 rings (SSSR count). The second kappa shape index (κ2) is 10.3. The fourth-order valence-electron chi connectivity index (χ4n) is 6.60. The van der Waals surface area contributed by atoms with E-state index >= 15 is 0 Å². The van der Waals surface area contributed by atoms with Gasteiger partial charge < -0.3 is 24.6 Å². The van der Waals surface area contributed by atoms with Crippen LogP contribution in [-0.4, -0.2) is 46.1 Å². The zero-order valence-electron chi connectivity index (χ0n) is 23.9. The highest BCUT2D eigenvalue weighted by Crippen LogP contribution is 2.47. The maximum Gasteiger partial charge on any atom is 0.343 e. The average molecular weight is 572 g/mol. The van der Waals surface area contributed by atoms with Crippen molar-refractivity contribution in [2.75, 3.05) is 0 Å². The number of rotatable bonds is 8. The molecule has 2 unspecified atom stereocenters. The first-order valence-corrected chi connectivity index (χ1v) is 18.0. The molecule has 3 aliphatic heterocycles. The summed E-state index contributed by atoms with van der Waals surface area (Å²) in [7, 11) is -1.74. The van der Waals surface area contributed by atoms with Gasteiger partial charge >= 0.3 is 5.97 Å². The lowest BCUT2D eigenvalue weighted by molar-refractivity contribution is -0.169. The minimum absolute atomic E-state index is 0.00468. The van der Waals surface area contributed by atoms with E-state index in [1.54, 1.807) is 23.6 Å². The number of carbonyl (C=O) groups is 2. The molecule has 1 aromatic heterocycles. The van der Waals surface area contributed by atoms with E-state index in [0.29, 0.717) is 42.8 Å². The number of aliphatic hydroxyl groups is 1. The summed E-state index contributed by atoms with van der Waals surface area (Å²) in [4.78, 5) is 41.5. The van der Waals surface area contributed by atoms with E-state index in [0.717, 1.165) is 41.2 Å². The lowest BCUT2D eigenvalue weighted by Gasteiger charge is -2.41. The Morgan fingerprint density at radius 3 is 2.66 bits per heavy atom. The van der Waals surface area contributed by atoms with Crippen molar-refractivity contribution in [2.45, 2.75) is 82.6 Å². The molecule has 0 radical (unpaired) electrons. The van der Waals surface area contributed by atoms with Crippen LogP contribution >= 0.6 is 0 Å². The number of fused-ring (bicyclic) bond motifs is 3. The number of benzene rings is 1. The van der Waals surface area contributed by atoms with Crippen LogP contribution < -0.4 is 10.9 Å². The molecule has 214 valence electrons. The van der Waals surface area contributed by atoms with Crippen molar-refractivity contribution >= 4 is 25.9 Å². The minimum Gasteiger partial charge on any atom is -0.455 e. The van der Waals surface area contributed by atoms with Gasteiger partial charge in [-0.1, -0.05) is 62.4 Å². The van der Waals surface area contributed by atoms with Crippen molar-refractivity contribution in [1.82, 2.24) is 14.8 Å². The Labute approximate surface area is 241 Å². The summed E-state index contributed by atoms with van der Waals surface area (Å²) in [6.45, 7) is 7.60. The summed E-state index contributed by atoms with van der Waals surface area (Å²) in [5.41, 5.74) is 2.72. The first-order chi connectivity index (χ1) is 19.6.